The van der Waals surface area contributed by atoms with Gasteiger partial charge in [-0.3, -0.25) is 4.79 Å². The van der Waals surface area contributed by atoms with Crippen LogP contribution in [0.1, 0.15) is 62.5 Å². The van der Waals surface area contributed by atoms with E-state index < -0.39 is 0 Å². The van der Waals surface area contributed by atoms with Crippen LogP contribution in [-0.4, -0.2) is 11.2 Å². The summed E-state index contributed by atoms with van der Waals surface area (Å²) in [4.78, 5) is 12.5. The molecule has 0 unspecified atom stereocenters. The Balaban J connectivity index is 1.72. The number of unbranched alkanes of at least 4 members (excludes halogenated alkanes) is 1. The fourth-order valence-electron chi connectivity index (χ4n) is 3.53. The summed E-state index contributed by atoms with van der Waals surface area (Å²) in [5.74, 6) is 2.13. The van der Waals surface area contributed by atoms with E-state index in [0.29, 0.717) is 5.92 Å². The van der Waals surface area contributed by atoms with Gasteiger partial charge in [0.05, 0.1) is 6.61 Å². The van der Waals surface area contributed by atoms with Crippen LogP contribution in [0.2, 0.25) is 0 Å². The molecule has 0 bridgehead atoms. The Kier molecular flexibility index (Phi) is 4.88. The van der Waals surface area contributed by atoms with Crippen molar-refractivity contribution in [3.05, 3.63) is 51.9 Å². The highest BCUT2D eigenvalue weighted by atomic mass is 16.5. The largest absolute Gasteiger partial charge is 0.493 e. The predicted molar refractivity (Wildman–Crippen MR) is 106 cm³/mol. The summed E-state index contributed by atoms with van der Waals surface area (Å²) in [5.41, 5.74) is 4.72. The van der Waals surface area contributed by atoms with Crippen molar-refractivity contribution in [3.63, 3.8) is 0 Å². The second-order valence-electron chi connectivity index (χ2n) is 8.06. The maximum atomic E-state index is 12.5. The minimum Gasteiger partial charge on any atom is -0.493 e. The summed E-state index contributed by atoms with van der Waals surface area (Å²) >= 11 is 0. The molecule has 1 heterocycles. The molecule has 26 heavy (non-hydrogen) atoms. The molecule has 3 nitrogen and oxygen atoms in total. The van der Waals surface area contributed by atoms with Gasteiger partial charge in [0.25, 0.3) is 5.56 Å². The minimum atomic E-state index is 0.152. The first kappa shape index (κ1) is 17.4. The van der Waals surface area contributed by atoms with E-state index >= 15 is 0 Å². The first-order valence-electron chi connectivity index (χ1n) is 10.1. The summed E-state index contributed by atoms with van der Waals surface area (Å²) < 4.78 is 7.92. The van der Waals surface area contributed by atoms with Gasteiger partial charge in [0.1, 0.15) is 5.75 Å². The van der Waals surface area contributed by atoms with Crippen molar-refractivity contribution in [2.24, 2.45) is 13.0 Å². The van der Waals surface area contributed by atoms with Crippen LogP contribution in [0.4, 0.5) is 0 Å². The molecule has 0 amide bonds. The van der Waals surface area contributed by atoms with Crippen LogP contribution in [0, 0.1) is 5.92 Å². The number of benzene rings is 1. The first-order valence-corrected chi connectivity index (χ1v) is 10.1. The molecule has 0 radical (unpaired) electrons. The van der Waals surface area contributed by atoms with Crippen molar-refractivity contribution in [2.75, 3.05) is 6.61 Å². The van der Waals surface area contributed by atoms with E-state index in [1.807, 2.05) is 13.2 Å². The van der Waals surface area contributed by atoms with Crippen molar-refractivity contribution >= 4 is 0 Å². The molecular formula is C23H29NO2. The number of pyridine rings is 1. The molecule has 1 aromatic carbocycles. The molecule has 1 aromatic heterocycles. The lowest BCUT2D eigenvalue weighted by atomic mass is 9.98. The summed E-state index contributed by atoms with van der Waals surface area (Å²) in [6.45, 7) is 3.03. The van der Waals surface area contributed by atoms with E-state index in [1.165, 1.54) is 31.2 Å². The minimum absolute atomic E-state index is 0.152. The molecule has 0 N–H and O–H groups in total. The van der Waals surface area contributed by atoms with Gasteiger partial charge in [-0.05, 0) is 74.1 Å². The van der Waals surface area contributed by atoms with Crippen LogP contribution in [0.3, 0.4) is 0 Å². The van der Waals surface area contributed by atoms with Gasteiger partial charge in [-0.1, -0.05) is 19.4 Å². The van der Waals surface area contributed by atoms with E-state index in [1.54, 1.807) is 4.57 Å². The van der Waals surface area contributed by atoms with Gasteiger partial charge in [0, 0.05) is 29.9 Å². The van der Waals surface area contributed by atoms with E-state index in [9.17, 15) is 4.79 Å². The Labute approximate surface area is 156 Å². The summed E-state index contributed by atoms with van der Waals surface area (Å²) in [5, 5.41) is 0. The molecule has 138 valence electrons. The highest BCUT2D eigenvalue weighted by Crippen LogP contribution is 2.41. The molecule has 0 saturated heterocycles. The van der Waals surface area contributed by atoms with E-state index in [2.05, 4.69) is 31.2 Å². The van der Waals surface area contributed by atoms with E-state index in [-0.39, 0.29) is 5.56 Å². The Morgan fingerprint density at radius 1 is 1.15 bits per heavy atom. The zero-order valence-corrected chi connectivity index (χ0v) is 16.0. The summed E-state index contributed by atoms with van der Waals surface area (Å²) in [6.07, 6.45) is 10.3. The molecule has 0 atom stereocenters. The third-order valence-corrected chi connectivity index (χ3v) is 5.57. The molecule has 2 saturated carbocycles. The number of aromatic nitrogens is 1. The molecule has 2 aromatic rings. The molecular weight excluding hydrogens is 322 g/mol. The zero-order chi connectivity index (χ0) is 18.1. The van der Waals surface area contributed by atoms with Crippen molar-refractivity contribution in [1.82, 2.24) is 4.57 Å². The third-order valence-electron chi connectivity index (χ3n) is 5.57. The Morgan fingerprint density at radius 3 is 2.65 bits per heavy atom. The Bertz CT molecular complexity index is 844. The normalized spacial score (nSPS) is 16.7. The first-order chi connectivity index (χ1) is 12.7. The Morgan fingerprint density at radius 2 is 1.96 bits per heavy atom. The van der Waals surface area contributed by atoms with E-state index in [4.69, 9.17) is 4.74 Å². The molecule has 2 aliphatic rings. The van der Waals surface area contributed by atoms with Gasteiger partial charge in [-0.2, -0.15) is 0 Å². The van der Waals surface area contributed by atoms with Gasteiger partial charge in [-0.15, -0.1) is 0 Å². The van der Waals surface area contributed by atoms with Gasteiger partial charge in [-0.25, -0.2) is 0 Å². The maximum Gasteiger partial charge on any atom is 0.253 e. The number of rotatable bonds is 8. The van der Waals surface area contributed by atoms with Crippen LogP contribution >= 0.6 is 0 Å². The molecule has 4 rings (SSSR count). The monoisotopic (exact) mass is 351 g/mol. The quantitative estimate of drug-likeness (QED) is 0.665. The van der Waals surface area contributed by atoms with Crippen LogP contribution in [0.5, 0.6) is 5.75 Å². The fraction of sp³-hybridized carbons (Fsp3) is 0.522. The fourth-order valence-corrected chi connectivity index (χ4v) is 3.53. The second kappa shape index (κ2) is 7.30. The standard InChI is InChI=1S/C23H29NO2/c1-3-4-5-16-8-11-22(26-15-17-6-7-17)20(12-16)19-13-21(18-9-10-18)23(25)24(2)14-19/h8,11-14,17-18H,3-7,9-10,15H2,1-2H3. The lowest BCUT2D eigenvalue weighted by molar-refractivity contribution is 0.301. The highest BCUT2D eigenvalue weighted by Gasteiger charge is 2.28. The topological polar surface area (TPSA) is 31.2 Å². The molecule has 3 heteroatoms. The Hall–Kier alpha value is -2.03. The molecule has 0 spiro atoms. The van der Waals surface area contributed by atoms with Crippen LogP contribution in [-0.2, 0) is 13.5 Å². The number of ether oxygens (including phenoxy) is 1. The summed E-state index contributed by atoms with van der Waals surface area (Å²) in [7, 11) is 1.86. The van der Waals surface area contributed by atoms with Crippen LogP contribution in [0.25, 0.3) is 11.1 Å². The number of nitrogens with zero attached hydrogens (tertiary/aromatic N) is 1. The number of aryl methyl sites for hydroxylation is 2. The maximum absolute atomic E-state index is 12.5. The third kappa shape index (κ3) is 3.87. The molecule has 2 aliphatic carbocycles. The lowest BCUT2D eigenvalue weighted by Crippen LogP contribution is -2.20. The molecule has 0 aliphatic heterocycles. The predicted octanol–water partition coefficient (Wildman–Crippen LogP) is 5.06. The van der Waals surface area contributed by atoms with Gasteiger partial charge in [0.15, 0.2) is 0 Å². The van der Waals surface area contributed by atoms with Gasteiger partial charge < -0.3 is 9.30 Å². The van der Waals surface area contributed by atoms with Crippen molar-refractivity contribution in [1.29, 1.82) is 0 Å². The summed E-state index contributed by atoms with van der Waals surface area (Å²) in [6, 6.07) is 8.72. The van der Waals surface area contributed by atoms with Crippen LogP contribution < -0.4 is 10.3 Å². The van der Waals surface area contributed by atoms with E-state index in [0.717, 1.165) is 54.2 Å². The van der Waals surface area contributed by atoms with Gasteiger partial charge in [0.2, 0.25) is 0 Å². The van der Waals surface area contributed by atoms with Crippen LogP contribution in [0.15, 0.2) is 35.3 Å². The zero-order valence-electron chi connectivity index (χ0n) is 16.0. The second-order valence-corrected chi connectivity index (χ2v) is 8.06. The highest BCUT2D eigenvalue weighted by molar-refractivity contribution is 5.71. The van der Waals surface area contributed by atoms with Crippen molar-refractivity contribution < 1.29 is 4.74 Å². The smallest absolute Gasteiger partial charge is 0.253 e. The molecule has 2 fully saturated rings. The number of hydrogen-bond acceptors (Lipinski definition) is 2. The van der Waals surface area contributed by atoms with Gasteiger partial charge >= 0.3 is 0 Å². The average Bonchev–Trinajstić information content (AvgIpc) is 3.54. The average molecular weight is 351 g/mol. The SMILES string of the molecule is CCCCc1ccc(OCC2CC2)c(-c2cc(C3CC3)c(=O)n(C)c2)c1. The van der Waals surface area contributed by atoms with Crippen molar-refractivity contribution in [3.8, 4) is 16.9 Å². The van der Waals surface area contributed by atoms with Crippen molar-refractivity contribution in [2.45, 2.75) is 57.8 Å². The lowest BCUT2D eigenvalue weighted by Gasteiger charge is -2.15. The number of hydrogen-bond donors (Lipinski definition) is 0.